The average molecular weight is 453 g/mol. The first-order valence-electron chi connectivity index (χ1n) is 10.7. The third-order valence-electron chi connectivity index (χ3n) is 5.97. The van der Waals surface area contributed by atoms with Crippen LogP contribution in [-0.2, 0) is 23.1 Å². The largest absolute Gasteiger partial charge is 0.459 e. The molecule has 2 aliphatic heterocycles. The summed E-state index contributed by atoms with van der Waals surface area (Å²) in [5.74, 6) is -0.310. The van der Waals surface area contributed by atoms with Crippen LogP contribution in [0.25, 0.3) is 0 Å². The lowest BCUT2D eigenvalue weighted by atomic mass is 9.93. The van der Waals surface area contributed by atoms with Crippen molar-refractivity contribution in [3.8, 4) is 0 Å². The van der Waals surface area contributed by atoms with Gasteiger partial charge in [-0.05, 0) is 12.1 Å². The summed E-state index contributed by atoms with van der Waals surface area (Å²) in [5.41, 5.74) is -0.149. The van der Waals surface area contributed by atoms with E-state index in [0.717, 1.165) is 4.90 Å². The molecule has 5 nitrogen and oxygen atoms in total. The van der Waals surface area contributed by atoms with Crippen LogP contribution in [0.4, 0.5) is 0 Å². The van der Waals surface area contributed by atoms with Crippen LogP contribution >= 0.6 is 11.8 Å². The van der Waals surface area contributed by atoms with Gasteiger partial charge in [-0.1, -0.05) is 78.4 Å². The van der Waals surface area contributed by atoms with Gasteiger partial charge in [0.2, 0.25) is 0 Å². The molecule has 0 aromatic heterocycles. The first-order chi connectivity index (χ1) is 13.9. The van der Waals surface area contributed by atoms with E-state index in [1.54, 1.807) is 11.8 Å². The van der Waals surface area contributed by atoms with Gasteiger partial charge in [-0.25, -0.2) is 0 Å². The molecule has 0 aliphatic carbocycles. The van der Waals surface area contributed by atoms with E-state index in [1.807, 2.05) is 18.2 Å². The fourth-order valence-corrected chi connectivity index (χ4v) is 10.9. The van der Waals surface area contributed by atoms with Crippen molar-refractivity contribution in [1.82, 2.24) is 0 Å². The van der Waals surface area contributed by atoms with Crippen LogP contribution in [-0.4, -0.2) is 44.9 Å². The molecule has 1 aromatic rings. The number of hydrogen-bond acceptors (Lipinski definition) is 6. The Morgan fingerprint density at radius 2 is 1.70 bits per heavy atom. The Morgan fingerprint density at radius 1 is 1.10 bits per heavy atom. The second kappa shape index (κ2) is 8.58. The van der Waals surface area contributed by atoms with E-state index < -0.39 is 8.56 Å². The molecule has 0 radical (unpaired) electrons. The highest BCUT2D eigenvalue weighted by molar-refractivity contribution is 7.99. The second-order valence-electron chi connectivity index (χ2n) is 10.4. The molecule has 2 heterocycles. The third-order valence-corrected chi connectivity index (χ3v) is 12.4. The van der Waals surface area contributed by atoms with Gasteiger partial charge >= 0.3 is 14.5 Å². The number of rotatable bonds is 3. The van der Waals surface area contributed by atoms with Crippen molar-refractivity contribution < 1.29 is 23.1 Å². The molecule has 0 saturated carbocycles. The molecule has 0 spiro atoms. The van der Waals surface area contributed by atoms with Gasteiger partial charge in [0.05, 0.1) is 6.61 Å². The van der Waals surface area contributed by atoms with Crippen molar-refractivity contribution in [2.24, 2.45) is 5.92 Å². The molecular weight excluding hydrogens is 416 g/mol. The van der Waals surface area contributed by atoms with E-state index in [4.69, 9.17) is 18.3 Å². The summed E-state index contributed by atoms with van der Waals surface area (Å²) in [4.78, 5) is 13.1. The van der Waals surface area contributed by atoms with Crippen LogP contribution in [0, 0.1) is 5.92 Å². The van der Waals surface area contributed by atoms with Crippen LogP contribution < -0.4 is 0 Å². The standard InChI is InChI=1S/C23H36O5SSi/c1-15-19(26-16(2)24)20-18(27-21(15)29-17-12-10-9-11-13-17)14-25-30(28-20,22(3,4)5)23(6,7)8/h9-13,15,18-21H,14H2,1-8H3/t15?,18?,19-,20+,21+/m1/s1. The van der Waals surface area contributed by atoms with E-state index >= 15 is 0 Å². The van der Waals surface area contributed by atoms with Gasteiger partial charge in [-0.15, -0.1) is 0 Å². The zero-order valence-electron chi connectivity index (χ0n) is 19.4. The van der Waals surface area contributed by atoms with Gasteiger partial charge in [0, 0.05) is 27.8 Å². The predicted molar refractivity (Wildman–Crippen MR) is 122 cm³/mol. The summed E-state index contributed by atoms with van der Waals surface area (Å²) in [6.07, 6.45) is -0.963. The number of carbonyl (C=O) groups is 1. The van der Waals surface area contributed by atoms with Crippen LogP contribution in [0.1, 0.15) is 55.4 Å². The van der Waals surface area contributed by atoms with Gasteiger partial charge in [0.1, 0.15) is 23.7 Å². The van der Waals surface area contributed by atoms with Crippen molar-refractivity contribution >= 4 is 26.3 Å². The quantitative estimate of drug-likeness (QED) is 0.444. The first kappa shape index (κ1) is 23.8. The lowest BCUT2D eigenvalue weighted by molar-refractivity contribution is -0.216. The first-order valence-corrected chi connectivity index (χ1v) is 13.4. The van der Waals surface area contributed by atoms with E-state index in [-0.39, 0.29) is 45.7 Å². The van der Waals surface area contributed by atoms with Crippen LogP contribution in [0.5, 0.6) is 0 Å². The van der Waals surface area contributed by atoms with Crippen molar-refractivity contribution in [3.63, 3.8) is 0 Å². The van der Waals surface area contributed by atoms with Crippen LogP contribution in [0.3, 0.4) is 0 Å². The Balaban J connectivity index is 1.92. The number of ether oxygens (including phenoxy) is 2. The summed E-state index contributed by atoms with van der Waals surface area (Å²) in [5, 5.41) is -0.286. The zero-order chi connectivity index (χ0) is 22.3. The van der Waals surface area contributed by atoms with Crippen LogP contribution in [0.2, 0.25) is 10.1 Å². The van der Waals surface area contributed by atoms with Crippen molar-refractivity contribution in [1.29, 1.82) is 0 Å². The monoisotopic (exact) mass is 452 g/mol. The summed E-state index contributed by atoms with van der Waals surface area (Å²) in [7, 11) is -2.69. The Hall–Kier alpha value is -0.863. The van der Waals surface area contributed by atoms with E-state index in [9.17, 15) is 4.79 Å². The van der Waals surface area contributed by atoms with Crippen molar-refractivity contribution in [2.75, 3.05) is 6.61 Å². The molecule has 0 amide bonds. The molecule has 0 bridgehead atoms. The number of hydrogen-bond donors (Lipinski definition) is 0. The minimum atomic E-state index is -2.69. The lowest BCUT2D eigenvalue weighted by Crippen LogP contribution is -2.70. The summed E-state index contributed by atoms with van der Waals surface area (Å²) in [6, 6.07) is 10.2. The van der Waals surface area contributed by atoms with E-state index in [1.165, 1.54) is 6.92 Å². The molecule has 2 aliphatic rings. The minimum Gasteiger partial charge on any atom is -0.459 e. The SMILES string of the molecule is CC(=O)O[C@@H]1C(C)[C@H](Sc2ccccc2)OC2CO[Si](C(C)(C)C)(C(C)(C)C)O[C@@H]21. The third kappa shape index (κ3) is 4.51. The lowest BCUT2D eigenvalue weighted by Gasteiger charge is -2.57. The fourth-order valence-electron chi connectivity index (χ4n) is 4.79. The highest BCUT2D eigenvalue weighted by Gasteiger charge is 2.64. The molecule has 7 heteroatoms. The van der Waals surface area contributed by atoms with Gasteiger partial charge in [0.15, 0.2) is 0 Å². The summed E-state index contributed by atoms with van der Waals surface area (Å²) < 4.78 is 25.8. The number of carbonyl (C=O) groups excluding carboxylic acids is 1. The summed E-state index contributed by atoms with van der Waals surface area (Å²) in [6.45, 7) is 17.1. The topological polar surface area (TPSA) is 54.0 Å². The molecule has 2 unspecified atom stereocenters. The van der Waals surface area contributed by atoms with Crippen molar-refractivity contribution in [3.05, 3.63) is 30.3 Å². The summed E-state index contributed by atoms with van der Waals surface area (Å²) >= 11 is 1.66. The average Bonchev–Trinajstić information content (AvgIpc) is 2.63. The minimum absolute atomic E-state index is 0.0231. The molecule has 30 heavy (non-hydrogen) atoms. The Bertz CT molecular complexity index is 728. The molecule has 0 N–H and O–H groups in total. The Morgan fingerprint density at radius 3 is 2.23 bits per heavy atom. The molecule has 1 aromatic carbocycles. The highest BCUT2D eigenvalue weighted by atomic mass is 32.2. The highest BCUT2D eigenvalue weighted by Crippen LogP contribution is 2.56. The van der Waals surface area contributed by atoms with Gasteiger partial charge in [-0.2, -0.15) is 0 Å². The predicted octanol–water partition coefficient (Wildman–Crippen LogP) is 5.53. The van der Waals surface area contributed by atoms with Gasteiger partial charge in [0.25, 0.3) is 0 Å². The molecule has 168 valence electrons. The smallest absolute Gasteiger partial charge is 0.349 e. The van der Waals surface area contributed by atoms with Gasteiger partial charge < -0.3 is 18.3 Å². The maximum Gasteiger partial charge on any atom is 0.349 e. The maximum atomic E-state index is 12.0. The molecule has 2 saturated heterocycles. The Labute approximate surface area is 186 Å². The van der Waals surface area contributed by atoms with E-state index in [0.29, 0.717) is 6.61 Å². The fraction of sp³-hybridized carbons (Fsp3) is 0.696. The number of fused-ring (bicyclic) bond motifs is 1. The number of thioether (sulfide) groups is 1. The molecular formula is C23H36O5SSi. The second-order valence-corrected chi connectivity index (χ2v) is 16.3. The maximum absolute atomic E-state index is 12.0. The van der Waals surface area contributed by atoms with Crippen LogP contribution in [0.15, 0.2) is 35.2 Å². The van der Waals surface area contributed by atoms with Crippen molar-refractivity contribution in [2.45, 2.75) is 94.1 Å². The molecule has 5 atom stereocenters. The number of esters is 1. The molecule has 3 rings (SSSR count). The zero-order valence-corrected chi connectivity index (χ0v) is 21.2. The van der Waals surface area contributed by atoms with E-state index in [2.05, 4.69) is 60.6 Å². The normalized spacial score (nSPS) is 31.7. The van der Waals surface area contributed by atoms with Gasteiger partial charge in [-0.3, -0.25) is 4.79 Å². The Kier molecular flexibility index (Phi) is 6.81. The molecule has 2 fully saturated rings. The number of benzene rings is 1.